The minimum atomic E-state index is 0.0958. The number of carbonyl (C=O) groups excluding carboxylic acids is 1. The molecule has 2 aromatic carbocycles. The summed E-state index contributed by atoms with van der Waals surface area (Å²) in [6.45, 7) is 0.663. The van der Waals surface area contributed by atoms with Crippen molar-refractivity contribution in [3.05, 3.63) is 42.0 Å². The Morgan fingerprint density at radius 3 is 2.87 bits per heavy atom. The van der Waals surface area contributed by atoms with Gasteiger partial charge in [0.25, 0.3) is 0 Å². The third-order valence-corrected chi connectivity index (χ3v) is 4.51. The third kappa shape index (κ3) is 3.64. The number of ether oxygens (including phenoxy) is 1. The Balaban J connectivity index is 1.87. The monoisotopic (exact) mass is 313 g/mol. The number of nitrogens with one attached hydrogen (secondary N) is 1. The van der Waals surface area contributed by atoms with Crippen LogP contribution >= 0.6 is 0 Å². The largest absolute Gasteiger partial charge is 0.497 e. The molecule has 1 aliphatic carbocycles. The van der Waals surface area contributed by atoms with Crippen LogP contribution in [0.3, 0.4) is 0 Å². The summed E-state index contributed by atoms with van der Waals surface area (Å²) in [4.78, 5) is 11.9. The molecule has 0 radical (unpaired) electrons. The molecule has 23 heavy (non-hydrogen) atoms. The number of hydrogen-bond donors (Lipinski definition) is 2. The van der Waals surface area contributed by atoms with Crippen molar-refractivity contribution in [3.63, 3.8) is 0 Å². The summed E-state index contributed by atoms with van der Waals surface area (Å²) < 4.78 is 5.34. The number of methoxy groups -OCH3 is 1. The van der Waals surface area contributed by atoms with E-state index in [2.05, 4.69) is 17.4 Å². The molecule has 2 N–H and O–H groups in total. The van der Waals surface area contributed by atoms with Gasteiger partial charge in [0.15, 0.2) is 0 Å². The predicted molar refractivity (Wildman–Crippen MR) is 90.7 cm³/mol. The van der Waals surface area contributed by atoms with E-state index in [0.29, 0.717) is 13.0 Å². The van der Waals surface area contributed by atoms with Crippen molar-refractivity contribution in [2.75, 3.05) is 20.3 Å². The minimum absolute atomic E-state index is 0.0958. The Morgan fingerprint density at radius 1 is 1.35 bits per heavy atom. The summed E-state index contributed by atoms with van der Waals surface area (Å²) in [6.07, 6.45) is 2.63. The van der Waals surface area contributed by atoms with Crippen LogP contribution in [0, 0.1) is 5.92 Å². The van der Waals surface area contributed by atoms with E-state index in [4.69, 9.17) is 4.74 Å². The standard InChI is InChI=1S/C19H23NO3/c1-23-16-8-7-13-3-2-4-17(18(13)11-16)15(9-10-21)12-20-19(22)14-5-6-14/h2-4,7-8,11,14-15,21H,5-6,9-10,12H2,1H3,(H,20,22). The van der Waals surface area contributed by atoms with Crippen LogP contribution in [0.25, 0.3) is 10.8 Å². The Labute approximate surface area is 136 Å². The molecule has 0 aliphatic heterocycles. The van der Waals surface area contributed by atoms with Gasteiger partial charge in [-0.1, -0.05) is 24.3 Å². The molecule has 4 heteroatoms. The van der Waals surface area contributed by atoms with Crippen molar-refractivity contribution >= 4 is 16.7 Å². The minimum Gasteiger partial charge on any atom is -0.497 e. The maximum atomic E-state index is 11.9. The Morgan fingerprint density at radius 2 is 2.17 bits per heavy atom. The fourth-order valence-corrected chi connectivity index (χ4v) is 3.00. The highest BCUT2D eigenvalue weighted by atomic mass is 16.5. The first-order valence-corrected chi connectivity index (χ1v) is 8.18. The van der Waals surface area contributed by atoms with Crippen LogP contribution in [0.4, 0.5) is 0 Å². The third-order valence-electron chi connectivity index (χ3n) is 4.51. The normalized spacial score (nSPS) is 15.4. The van der Waals surface area contributed by atoms with Crippen molar-refractivity contribution in [1.29, 1.82) is 0 Å². The second kappa shape index (κ2) is 7.01. The van der Waals surface area contributed by atoms with E-state index in [1.54, 1.807) is 7.11 Å². The second-order valence-corrected chi connectivity index (χ2v) is 6.16. The van der Waals surface area contributed by atoms with E-state index in [0.717, 1.165) is 34.9 Å². The van der Waals surface area contributed by atoms with Crippen molar-refractivity contribution < 1.29 is 14.6 Å². The Hall–Kier alpha value is -2.07. The summed E-state index contributed by atoms with van der Waals surface area (Å²) in [5, 5.41) is 14.7. The number of aliphatic hydroxyl groups is 1. The molecule has 4 nitrogen and oxygen atoms in total. The topological polar surface area (TPSA) is 58.6 Å². The summed E-state index contributed by atoms with van der Waals surface area (Å²) in [7, 11) is 1.66. The Bertz CT molecular complexity index is 694. The van der Waals surface area contributed by atoms with Crippen LogP contribution in [0.15, 0.2) is 36.4 Å². The molecule has 1 aliphatic rings. The van der Waals surface area contributed by atoms with Crippen molar-refractivity contribution in [3.8, 4) is 5.75 Å². The van der Waals surface area contributed by atoms with Crippen LogP contribution in [0.2, 0.25) is 0 Å². The van der Waals surface area contributed by atoms with Crippen molar-refractivity contribution in [2.24, 2.45) is 5.92 Å². The van der Waals surface area contributed by atoms with E-state index in [1.165, 1.54) is 0 Å². The van der Waals surface area contributed by atoms with Crippen molar-refractivity contribution in [1.82, 2.24) is 5.32 Å². The fourth-order valence-electron chi connectivity index (χ4n) is 3.00. The van der Waals surface area contributed by atoms with Crippen LogP contribution in [-0.4, -0.2) is 31.3 Å². The van der Waals surface area contributed by atoms with E-state index < -0.39 is 0 Å². The number of benzene rings is 2. The van der Waals surface area contributed by atoms with Crippen LogP contribution < -0.4 is 10.1 Å². The first-order valence-electron chi connectivity index (χ1n) is 8.18. The smallest absolute Gasteiger partial charge is 0.223 e. The maximum Gasteiger partial charge on any atom is 0.223 e. The van der Waals surface area contributed by atoms with Crippen molar-refractivity contribution in [2.45, 2.75) is 25.2 Å². The lowest BCUT2D eigenvalue weighted by Gasteiger charge is -2.19. The van der Waals surface area contributed by atoms with Crippen LogP contribution in [-0.2, 0) is 4.79 Å². The molecule has 1 amide bonds. The molecule has 122 valence electrons. The zero-order valence-corrected chi connectivity index (χ0v) is 13.4. The SMILES string of the molecule is COc1ccc2cccc(C(CCO)CNC(=O)C3CC3)c2c1. The predicted octanol–water partition coefficient (Wildman–Crippen LogP) is 2.84. The maximum absolute atomic E-state index is 11.9. The van der Waals surface area contributed by atoms with Gasteiger partial charge in [-0.25, -0.2) is 0 Å². The summed E-state index contributed by atoms with van der Waals surface area (Å²) in [5.41, 5.74) is 1.14. The van der Waals surface area contributed by atoms with E-state index in [-0.39, 0.29) is 24.3 Å². The highest BCUT2D eigenvalue weighted by Crippen LogP contribution is 2.32. The van der Waals surface area contributed by atoms with Gasteiger partial charge in [0.1, 0.15) is 5.75 Å². The van der Waals surface area contributed by atoms with E-state index in [9.17, 15) is 9.90 Å². The Kier molecular flexibility index (Phi) is 4.82. The van der Waals surface area contributed by atoms with Gasteiger partial charge in [0.05, 0.1) is 7.11 Å². The summed E-state index contributed by atoms with van der Waals surface area (Å²) in [6, 6.07) is 12.2. The molecule has 1 unspecified atom stereocenters. The fraction of sp³-hybridized carbons (Fsp3) is 0.421. The number of aliphatic hydroxyl groups excluding tert-OH is 1. The average Bonchev–Trinajstić information content (AvgIpc) is 3.42. The van der Waals surface area contributed by atoms with Gasteiger partial charge >= 0.3 is 0 Å². The first-order chi connectivity index (χ1) is 11.2. The lowest BCUT2D eigenvalue weighted by atomic mass is 9.91. The molecule has 1 fully saturated rings. The van der Waals surface area contributed by atoms with Gasteiger partial charge in [-0.2, -0.15) is 0 Å². The molecular formula is C19H23NO3. The van der Waals surface area contributed by atoms with Crippen LogP contribution in [0.1, 0.15) is 30.7 Å². The van der Waals surface area contributed by atoms with Gasteiger partial charge in [-0.05, 0) is 47.7 Å². The average molecular weight is 313 g/mol. The second-order valence-electron chi connectivity index (χ2n) is 6.16. The van der Waals surface area contributed by atoms with Gasteiger partial charge in [0.2, 0.25) is 5.91 Å². The first kappa shape index (κ1) is 15.8. The number of fused-ring (bicyclic) bond motifs is 1. The number of rotatable bonds is 7. The molecule has 0 saturated heterocycles. The van der Waals surface area contributed by atoms with Gasteiger partial charge in [0, 0.05) is 25.0 Å². The highest BCUT2D eigenvalue weighted by molar-refractivity contribution is 5.87. The quantitative estimate of drug-likeness (QED) is 0.826. The highest BCUT2D eigenvalue weighted by Gasteiger charge is 2.29. The molecule has 1 saturated carbocycles. The molecule has 0 bridgehead atoms. The number of hydrogen-bond acceptors (Lipinski definition) is 3. The summed E-state index contributed by atoms with van der Waals surface area (Å²) >= 11 is 0. The number of carbonyl (C=O) groups is 1. The molecule has 1 atom stereocenters. The zero-order chi connectivity index (χ0) is 16.2. The van der Waals surface area contributed by atoms with E-state index in [1.807, 2.05) is 24.3 Å². The summed E-state index contributed by atoms with van der Waals surface area (Å²) in [5.74, 6) is 1.26. The van der Waals surface area contributed by atoms with E-state index >= 15 is 0 Å². The number of amides is 1. The molecular weight excluding hydrogens is 290 g/mol. The molecule has 0 aromatic heterocycles. The van der Waals surface area contributed by atoms with Crippen LogP contribution in [0.5, 0.6) is 5.75 Å². The lowest BCUT2D eigenvalue weighted by Crippen LogP contribution is -2.30. The van der Waals surface area contributed by atoms with Gasteiger partial charge in [-0.3, -0.25) is 4.79 Å². The molecule has 2 aromatic rings. The van der Waals surface area contributed by atoms with Gasteiger partial charge < -0.3 is 15.2 Å². The molecule has 0 spiro atoms. The van der Waals surface area contributed by atoms with Gasteiger partial charge in [-0.15, -0.1) is 0 Å². The lowest BCUT2D eigenvalue weighted by molar-refractivity contribution is -0.122. The zero-order valence-electron chi connectivity index (χ0n) is 13.4. The molecule has 3 rings (SSSR count). The molecule has 0 heterocycles.